The molecule has 1 aliphatic rings. The van der Waals surface area contributed by atoms with E-state index in [1.54, 1.807) is 6.92 Å². The molecule has 6 nitrogen and oxygen atoms in total. The van der Waals surface area contributed by atoms with Crippen LogP contribution >= 0.6 is 0 Å². The van der Waals surface area contributed by atoms with Gasteiger partial charge >= 0.3 is 6.18 Å². The maximum Gasteiger partial charge on any atom is 0.410 e. The Morgan fingerprint density at radius 1 is 1.38 bits per heavy atom. The number of carbonyl (C=O) groups excluding carboxylic acids is 1. The molecule has 0 aliphatic carbocycles. The van der Waals surface area contributed by atoms with Crippen molar-refractivity contribution in [1.29, 1.82) is 0 Å². The van der Waals surface area contributed by atoms with Gasteiger partial charge in [-0.05, 0) is 24.5 Å². The molecule has 0 fully saturated rings. The second-order valence-electron chi connectivity index (χ2n) is 7.27. The van der Waals surface area contributed by atoms with Crippen LogP contribution in [0.15, 0.2) is 30.5 Å². The highest BCUT2D eigenvalue weighted by Gasteiger charge is 2.47. The van der Waals surface area contributed by atoms with E-state index < -0.39 is 24.2 Å². The predicted molar refractivity (Wildman–Crippen MR) is 103 cm³/mol. The molecule has 0 saturated carbocycles. The van der Waals surface area contributed by atoms with Crippen molar-refractivity contribution in [2.24, 2.45) is 0 Å². The number of anilines is 1. The fraction of sp³-hybridized carbons (Fsp3) is 0.500. The molecule has 1 amide bonds. The Balaban J connectivity index is 1.93. The van der Waals surface area contributed by atoms with Gasteiger partial charge in [0.2, 0.25) is 0 Å². The number of amides is 1. The minimum absolute atomic E-state index is 0.0743. The number of carbonyl (C=O) groups is 1. The third-order valence-electron chi connectivity index (χ3n) is 5.07. The molecule has 158 valence electrons. The topological polar surface area (TPSA) is 68.2 Å². The Bertz CT molecular complexity index is 848. The van der Waals surface area contributed by atoms with Gasteiger partial charge in [0.15, 0.2) is 6.04 Å². The van der Waals surface area contributed by atoms with Gasteiger partial charge < -0.3 is 15.4 Å². The molecule has 2 aromatic rings. The quantitative estimate of drug-likeness (QED) is 0.759. The van der Waals surface area contributed by atoms with E-state index in [9.17, 15) is 18.0 Å². The number of nitrogens with zero attached hydrogens (tertiary/aromatic N) is 2. The number of rotatable bonds is 6. The van der Waals surface area contributed by atoms with Crippen LogP contribution in [0.4, 0.5) is 19.0 Å². The Morgan fingerprint density at radius 2 is 2.07 bits per heavy atom. The number of halogens is 3. The minimum atomic E-state index is -4.48. The lowest BCUT2D eigenvalue weighted by molar-refractivity contribution is -0.173. The third-order valence-corrected chi connectivity index (χ3v) is 5.07. The summed E-state index contributed by atoms with van der Waals surface area (Å²) in [5.41, 5.74) is 1.93. The molecule has 1 aliphatic heterocycles. The van der Waals surface area contributed by atoms with Gasteiger partial charge in [-0.3, -0.25) is 4.79 Å². The predicted octanol–water partition coefficient (Wildman–Crippen LogP) is 3.87. The Morgan fingerprint density at radius 3 is 2.66 bits per heavy atom. The first-order chi connectivity index (χ1) is 13.7. The third kappa shape index (κ3) is 4.55. The molecule has 0 unspecified atom stereocenters. The van der Waals surface area contributed by atoms with Gasteiger partial charge in [-0.25, -0.2) is 4.68 Å². The van der Waals surface area contributed by atoms with Gasteiger partial charge in [0.05, 0.1) is 18.8 Å². The monoisotopic (exact) mass is 410 g/mol. The maximum atomic E-state index is 13.7. The van der Waals surface area contributed by atoms with E-state index in [0.29, 0.717) is 6.61 Å². The van der Waals surface area contributed by atoms with Crippen LogP contribution in [0.2, 0.25) is 0 Å². The average molecular weight is 410 g/mol. The maximum absolute atomic E-state index is 13.7. The number of hydrogen-bond acceptors (Lipinski definition) is 4. The molecule has 0 saturated heterocycles. The zero-order valence-corrected chi connectivity index (χ0v) is 16.6. The number of benzene rings is 1. The molecule has 3 rings (SSSR count). The lowest BCUT2D eigenvalue weighted by Crippen LogP contribution is -2.38. The van der Waals surface area contributed by atoms with Crippen molar-refractivity contribution in [2.75, 3.05) is 19.0 Å². The number of nitrogens with one attached hydrogen (secondary N) is 2. The van der Waals surface area contributed by atoms with Crippen LogP contribution in [0.5, 0.6) is 0 Å². The largest absolute Gasteiger partial charge is 0.410 e. The highest BCUT2D eigenvalue weighted by molar-refractivity contribution is 5.99. The number of alkyl halides is 3. The average Bonchev–Trinajstić information content (AvgIpc) is 3.10. The zero-order valence-electron chi connectivity index (χ0n) is 16.6. The normalized spacial score (nSPS) is 19.9. The lowest BCUT2D eigenvalue weighted by atomic mass is 9.95. The number of aryl methyl sites for hydroxylation is 1. The summed E-state index contributed by atoms with van der Waals surface area (Å²) in [7, 11) is 1.51. The highest BCUT2D eigenvalue weighted by atomic mass is 19.4. The summed E-state index contributed by atoms with van der Waals surface area (Å²) in [6.45, 7) is 4.06. The number of aromatic nitrogens is 2. The first kappa shape index (κ1) is 21.2. The summed E-state index contributed by atoms with van der Waals surface area (Å²) in [6, 6.07) is 4.79. The van der Waals surface area contributed by atoms with E-state index >= 15 is 0 Å². The van der Waals surface area contributed by atoms with Gasteiger partial charge in [-0.1, -0.05) is 31.2 Å². The molecule has 2 N–H and O–H groups in total. The first-order valence-corrected chi connectivity index (χ1v) is 9.54. The van der Waals surface area contributed by atoms with Crippen LogP contribution in [-0.2, 0) is 11.2 Å². The minimum Gasteiger partial charge on any atom is -0.383 e. The van der Waals surface area contributed by atoms with Crippen LogP contribution in [0.1, 0.15) is 53.8 Å². The van der Waals surface area contributed by atoms with Crippen molar-refractivity contribution >= 4 is 11.7 Å². The summed E-state index contributed by atoms with van der Waals surface area (Å²) in [4.78, 5) is 12.6. The fourth-order valence-electron chi connectivity index (χ4n) is 3.53. The highest BCUT2D eigenvalue weighted by Crippen LogP contribution is 2.44. The Labute approximate surface area is 167 Å². The van der Waals surface area contributed by atoms with Crippen LogP contribution < -0.4 is 10.6 Å². The summed E-state index contributed by atoms with van der Waals surface area (Å²) in [5, 5.41) is 9.69. The van der Waals surface area contributed by atoms with Crippen molar-refractivity contribution in [2.45, 2.75) is 51.0 Å². The standard InChI is InChI=1S/C20H25F3N4O2/c1-4-13-5-7-14(8-6-13)16-9-17(20(21,22)23)27-18(26-16)15(10-24-27)19(28)25-12(2)11-29-3/h5-8,10,12,16-17,26H,4,9,11H2,1-3H3,(H,25,28)/t12-,16+,17-/m1/s1. The number of methoxy groups -OCH3 is 1. The summed E-state index contributed by atoms with van der Waals surface area (Å²) >= 11 is 0. The first-order valence-electron chi connectivity index (χ1n) is 9.54. The number of ether oxygens (including phenoxy) is 1. The second-order valence-corrected chi connectivity index (χ2v) is 7.27. The van der Waals surface area contributed by atoms with Crippen LogP contribution in [-0.4, -0.2) is 41.6 Å². The van der Waals surface area contributed by atoms with E-state index in [-0.39, 0.29) is 23.8 Å². The van der Waals surface area contributed by atoms with Gasteiger partial charge in [0.25, 0.3) is 5.91 Å². The van der Waals surface area contributed by atoms with Crippen LogP contribution in [0.25, 0.3) is 0 Å². The molecule has 1 aromatic carbocycles. The van der Waals surface area contributed by atoms with E-state index in [1.807, 2.05) is 31.2 Å². The molecule has 0 radical (unpaired) electrons. The molecule has 29 heavy (non-hydrogen) atoms. The number of hydrogen-bond donors (Lipinski definition) is 2. The van der Waals surface area contributed by atoms with Gasteiger partial charge in [0.1, 0.15) is 11.4 Å². The Hall–Kier alpha value is -2.55. The molecule has 9 heteroatoms. The van der Waals surface area contributed by atoms with Gasteiger partial charge in [-0.15, -0.1) is 0 Å². The van der Waals surface area contributed by atoms with E-state index in [4.69, 9.17) is 4.74 Å². The molecule has 0 spiro atoms. The summed E-state index contributed by atoms with van der Waals surface area (Å²) in [6.07, 6.45) is -2.66. The summed E-state index contributed by atoms with van der Waals surface area (Å²) in [5.74, 6) is -0.420. The smallest absolute Gasteiger partial charge is 0.383 e. The van der Waals surface area contributed by atoms with E-state index in [2.05, 4.69) is 15.7 Å². The van der Waals surface area contributed by atoms with Crippen molar-refractivity contribution in [3.8, 4) is 0 Å². The fourth-order valence-corrected chi connectivity index (χ4v) is 3.53. The van der Waals surface area contributed by atoms with Gasteiger partial charge in [0, 0.05) is 19.6 Å². The summed E-state index contributed by atoms with van der Waals surface area (Å²) < 4.78 is 47.1. The van der Waals surface area contributed by atoms with Crippen molar-refractivity contribution in [3.05, 3.63) is 47.2 Å². The molecular weight excluding hydrogens is 385 g/mol. The molecular formula is C20H25F3N4O2. The number of fused-ring (bicyclic) bond motifs is 1. The van der Waals surface area contributed by atoms with E-state index in [0.717, 1.165) is 22.2 Å². The van der Waals surface area contributed by atoms with Crippen LogP contribution in [0, 0.1) is 0 Å². The molecule has 1 aromatic heterocycles. The van der Waals surface area contributed by atoms with Crippen molar-refractivity contribution in [3.63, 3.8) is 0 Å². The van der Waals surface area contributed by atoms with Gasteiger partial charge in [-0.2, -0.15) is 18.3 Å². The van der Waals surface area contributed by atoms with Crippen molar-refractivity contribution < 1.29 is 22.7 Å². The molecule has 0 bridgehead atoms. The van der Waals surface area contributed by atoms with E-state index in [1.165, 1.54) is 13.3 Å². The van der Waals surface area contributed by atoms with Crippen LogP contribution in [0.3, 0.4) is 0 Å². The molecule has 2 heterocycles. The molecule has 3 atom stereocenters. The Kier molecular flexibility index (Phi) is 6.16. The lowest BCUT2D eigenvalue weighted by Gasteiger charge is -2.34. The zero-order chi connectivity index (χ0) is 21.2. The SMILES string of the molecule is CCc1ccc([C@@H]2C[C@H](C(F)(F)F)n3ncc(C(=O)N[C@H](C)COC)c3N2)cc1. The van der Waals surface area contributed by atoms with Crippen molar-refractivity contribution in [1.82, 2.24) is 15.1 Å². The second kappa shape index (κ2) is 8.44.